The Morgan fingerprint density at radius 1 is 0.443 bits per heavy atom. The average molecular weight is 943 g/mol. The molecule has 15 aromatic rings. The maximum Gasteiger partial charge on any atom is 0.220 e. The summed E-state index contributed by atoms with van der Waals surface area (Å²) in [5.41, 5.74) is 10.9. The van der Waals surface area contributed by atoms with Gasteiger partial charge in [-0.25, -0.2) is 4.85 Å². The molecule has 15 rings (SSSR count). The maximum atomic E-state index is 12.1. The molecule has 5 aromatic heterocycles. The van der Waals surface area contributed by atoms with E-state index < -0.39 is 0 Å². The highest BCUT2D eigenvalue weighted by atomic mass is 32.1. The summed E-state index contributed by atoms with van der Waals surface area (Å²) in [5.74, 6) is 0. The number of hydrogen-bond acceptors (Lipinski definition) is 4. The quantitative estimate of drug-likeness (QED) is 0.162. The summed E-state index contributed by atoms with van der Waals surface area (Å²) < 4.78 is 12.0. The van der Waals surface area contributed by atoms with E-state index in [4.69, 9.17) is 0 Å². The zero-order valence-electron chi connectivity index (χ0n) is 37.4. The van der Waals surface area contributed by atoms with Crippen LogP contribution in [0, 0.1) is 24.8 Å². The van der Waals surface area contributed by atoms with Crippen molar-refractivity contribution in [2.45, 2.75) is 6.92 Å². The van der Waals surface area contributed by atoms with Crippen molar-refractivity contribution >= 4 is 144 Å². The molecular weight excluding hydrogens is 909 g/mol. The highest BCUT2D eigenvalue weighted by Crippen LogP contribution is 2.56. The molecule has 0 aliphatic heterocycles. The van der Waals surface area contributed by atoms with E-state index in [9.17, 15) is 11.8 Å². The molecule has 0 saturated carbocycles. The Labute approximate surface area is 412 Å². The number of nitrogens with zero attached hydrogens (tertiary/aromatic N) is 4. The molecule has 0 amide bonds. The molecule has 0 radical (unpaired) electrons. The van der Waals surface area contributed by atoms with Gasteiger partial charge in [-0.3, -0.25) is 0 Å². The number of thiophene rings is 3. The van der Waals surface area contributed by atoms with Gasteiger partial charge in [-0.05, 0) is 53.9 Å². The molecule has 5 heterocycles. The van der Waals surface area contributed by atoms with E-state index in [0.29, 0.717) is 16.8 Å². The summed E-state index contributed by atoms with van der Waals surface area (Å²) in [7, 11) is 0. The monoisotopic (exact) mass is 942 g/mol. The number of aryl methyl sites for hydroxylation is 1. The summed E-state index contributed by atoms with van der Waals surface area (Å²) >= 11 is 5.42. The predicted octanol–water partition coefficient (Wildman–Crippen LogP) is 19.0. The van der Waals surface area contributed by atoms with Gasteiger partial charge in [0.15, 0.2) is 0 Å². The Balaban J connectivity index is 1.27. The lowest BCUT2D eigenvalue weighted by molar-refractivity contribution is 1.14. The number of nitriles is 1. The lowest BCUT2D eigenvalue weighted by Gasteiger charge is -2.26. The van der Waals surface area contributed by atoms with E-state index in [1.807, 2.05) is 40.9 Å². The molecule has 4 nitrogen and oxygen atoms in total. The third kappa shape index (κ3) is 5.21. The first-order valence-corrected chi connectivity index (χ1v) is 25.7. The molecule has 0 aliphatic carbocycles. The van der Waals surface area contributed by atoms with Gasteiger partial charge < -0.3 is 9.13 Å². The molecular formula is C63H34N4S3. The van der Waals surface area contributed by atoms with Crippen LogP contribution in [0.25, 0.3) is 143 Å². The van der Waals surface area contributed by atoms with Crippen LogP contribution in [0.3, 0.4) is 0 Å². The van der Waals surface area contributed by atoms with Crippen molar-refractivity contribution in [2.75, 3.05) is 0 Å². The van der Waals surface area contributed by atoms with Crippen LogP contribution in [-0.2, 0) is 0 Å². The Morgan fingerprint density at radius 3 is 1.44 bits per heavy atom. The smallest absolute Gasteiger partial charge is 0.220 e. The second-order valence-corrected chi connectivity index (χ2v) is 21.2. The van der Waals surface area contributed by atoms with Crippen LogP contribution in [0.2, 0.25) is 0 Å². The summed E-state index contributed by atoms with van der Waals surface area (Å²) in [4.78, 5) is 4.67. The van der Waals surface area contributed by atoms with E-state index in [0.717, 1.165) is 85.8 Å². The molecule has 0 bridgehead atoms. The van der Waals surface area contributed by atoms with Crippen LogP contribution in [-0.4, -0.2) is 9.13 Å². The molecule has 10 aromatic carbocycles. The number of benzene rings is 10. The van der Waals surface area contributed by atoms with Crippen molar-refractivity contribution in [1.29, 1.82) is 5.26 Å². The fraction of sp³-hybridized carbons (Fsp3) is 0.0159. The van der Waals surface area contributed by atoms with Crippen molar-refractivity contribution in [3.8, 4) is 39.7 Å². The van der Waals surface area contributed by atoms with Crippen molar-refractivity contribution in [3.63, 3.8) is 0 Å². The SMILES string of the molecule is [C-]#[N+]c1c(-c2ccccc2)c(C#N)c(-n2c3ccccc3c3c(C)cc4c5ccccc5sc4c32)c(-c2ccccc2)c1-n1c2c(ccc3c4ccccc4sc32)c2ccc3c4ccccc4sc3c21. The minimum absolute atomic E-state index is 0.435. The summed E-state index contributed by atoms with van der Waals surface area (Å²) in [6.45, 7) is 11.8. The zero-order chi connectivity index (χ0) is 46.4. The summed E-state index contributed by atoms with van der Waals surface area (Å²) in [6, 6.07) is 69.8. The largest absolute Gasteiger partial charge is 0.316 e. The number of hydrogen-bond donors (Lipinski definition) is 0. The molecule has 0 unspecified atom stereocenters. The topological polar surface area (TPSA) is 38.0 Å². The van der Waals surface area contributed by atoms with Crippen LogP contribution >= 0.6 is 34.0 Å². The molecule has 70 heavy (non-hydrogen) atoms. The first-order valence-electron chi connectivity index (χ1n) is 23.3. The normalized spacial score (nSPS) is 12.0. The van der Waals surface area contributed by atoms with E-state index in [2.05, 4.69) is 197 Å². The fourth-order valence-electron chi connectivity index (χ4n) is 11.7. The lowest BCUT2D eigenvalue weighted by Crippen LogP contribution is -2.09. The first kappa shape index (κ1) is 39.4. The molecule has 0 fully saturated rings. The molecule has 0 spiro atoms. The van der Waals surface area contributed by atoms with Crippen LogP contribution in [0.1, 0.15) is 11.1 Å². The highest BCUT2D eigenvalue weighted by Gasteiger charge is 2.33. The van der Waals surface area contributed by atoms with E-state index >= 15 is 0 Å². The minimum Gasteiger partial charge on any atom is -0.316 e. The van der Waals surface area contributed by atoms with Gasteiger partial charge in [0.2, 0.25) is 5.69 Å². The van der Waals surface area contributed by atoms with Gasteiger partial charge in [0.05, 0.1) is 59.7 Å². The molecule has 0 saturated heterocycles. The van der Waals surface area contributed by atoms with E-state index in [-0.39, 0.29) is 0 Å². The molecule has 0 N–H and O–H groups in total. The third-order valence-electron chi connectivity index (χ3n) is 14.5. The average Bonchev–Trinajstić information content (AvgIpc) is 4.23. The molecule has 324 valence electrons. The van der Waals surface area contributed by atoms with Crippen molar-refractivity contribution in [3.05, 3.63) is 211 Å². The lowest BCUT2D eigenvalue weighted by atomic mass is 9.88. The van der Waals surface area contributed by atoms with Crippen LogP contribution in [0.15, 0.2) is 188 Å². The Morgan fingerprint density at radius 2 is 0.900 bits per heavy atom. The van der Waals surface area contributed by atoms with Crippen molar-refractivity contribution in [2.24, 2.45) is 0 Å². The van der Waals surface area contributed by atoms with Crippen LogP contribution in [0.4, 0.5) is 5.69 Å². The second kappa shape index (κ2) is 14.7. The maximum absolute atomic E-state index is 12.1. The number of aromatic nitrogens is 2. The van der Waals surface area contributed by atoms with Crippen LogP contribution in [0.5, 0.6) is 0 Å². The van der Waals surface area contributed by atoms with Crippen LogP contribution < -0.4 is 0 Å². The number of fused-ring (bicyclic) bond motifs is 18. The number of para-hydroxylation sites is 1. The fourth-order valence-corrected chi connectivity index (χ4v) is 15.4. The van der Waals surface area contributed by atoms with E-state index in [1.165, 1.54) is 52.0 Å². The van der Waals surface area contributed by atoms with E-state index in [1.54, 1.807) is 11.3 Å². The first-order chi connectivity index (χ1) is 34.6. The van der Waals surface area contributed by atoms with Gasteiger partial charge >= 0.3 is 0 Å². The highest BCUT2D eigenvalue weighted by molar-refractivity contribution is 7.27. The Hall–Kier alpha value is -8.56. The van der Waals surface area contributed by atoms with Gasteiger partial charge in [0.25, 0.3) is 0 Å². The predicted molar refractivity (Wildman–Crippen MR) is 300 cm³/mol. The van der Waals surface area contributed by atoms with Gasteiger partial charge in [-0.1, -0.05) is 158 Å². The Bertz CT molecular complexity index is 4730. The number of rotatable bonds is 4. The summed E-state index contributed by atoms with van der Waals surface area (Å²) in [6.07, 6.45) is 0. The third-order valence-corrected chi connectivity index (χ3v) is 18.1. The van der Waals surface area contributed by atoms with Gasteiger partial charge in [0, 0.05) is 79.1 Å². The minimum atomic E-state index is 0.435. The molecule has 7 heteroatoms. The second-order valence-electron chi connectivity index (χ2n) is 18.1. The van der Waals surface area contributed by atoms with Gasteiger partial charge in [-0.2, -0.15) is 5.26 Å². The Kier molecular flexibility index (Phi) is 8.29. The molecule has 0 aliphatic rings. The van der Waals surface area contributed by atoms with Gasteiger partial charge in [-0.15, -0.1) is 34.0 Å². The van der Waals surface area contributed by atoms with Gasteiger partial charge in [0.1, 0.15) is 6.07 Å². The summed E-state index contributed by atoms with van der Waals surface area (Å²) in [5, 5.41) is 23.8. The zero-order valence-corrected chi connectivity index (χ0v) is 39.9. The van der Waals surface area contributed by atoms with Crippen molar-refractivity contribution < 1.29 is 0 Å². The standard InChI is InChI=1S/C63H34N4S3/c1-35-33-46-40-23-12-16-28-51(40)70-63(46)60-52(35)45-24-9-13-25-48(45)66(60)56-47(34-64)53(36-17-5-3-6-18-36)55(65-2)59(54(56)37-19-7-4-8-20-37)67-57-41(29-31-43-38-21-10-14-26-49(38)68-61(43)57)42-30-32-44-39-22-11-15-27-50(39)69-62(44)58(42)67/h3-33H,1H3. The molecule has 0 atom stereocenters. The van der Waals surface area contributed by atoms with Crippen molar-refractivity contribution in [1.82, 2.24) is 9.13 Å².